The molecule has 0 heterocycles. The highest BCUT2D eigenvalue weighted by Crippen LogP contribution is 2.18. The fourth-order valence-electron chi connectivity index (χ4n) is 3.61. The smallest absolute Gasteiger partial charge is 0.377 e. The van der Waals surface area contributed by atoms with E-state index in [9.17, 15) is 0 Å². The molecular weight excluding hydrogens is 434 g/mol. The van der Waals surface area contributed by atoms with Crippen molar-refractivity contribution < 1.29 is 13.3 Å². The van der Waals surface area contributed by atoms with E-state index in [-0.39, 0.29) is 22.5 Å². The lowest BCUT2D eigenvalue weighted by Crippen LogP contribution is -2.44. The number of nitrogens with one attached hydrogen (secondary N) is 1. The molecule has 0 aliphatic rings. The lowest BCUT2D eigenvalue weighted by molar-refractivity contribution is 0.122. The highest BCUT2D eigenvalue weighted by Gasteiger charge is 2.36. The maximum Gasteiger partial charge on any atom is 0.500 e. The monoisotopic (exact) mass is 483 g/mol. The van der Waals surface area contributed by atoms with Gasteiger partial charge in [0.25, 0.3) is 0 Å². The summed E-state index contributed by atoms with van der Waals surface area (Å²) in [6.07, 6.45) is 17.7. The van der Waals surface area contributed by atoms with Gasteiger partial charge in [0.15, 0.2) is 0 Å². The summed E-state index contributed by atoms with van der Waals surface area (Å²) in [5.41, 5.74) is 0.205. The number of hydrogen-bond acceptors (Lipinski definition) is 4. The Balaban J connectivity index is 0. The van der Waals surface area contributed by atoms with Gasteiger partial charge in [0.05, 0.1) is 0 Å². The molecule has 0 radical (unpaired) electrons. The predicted octanol–water partition coefficient (Wildman–Crippen LogP) is 6.90. The van der Waals surface area contributed by atoms with Crippen LogP contribution in [0, 0.1) is 0 Å². The maximum absolute atomic E-state index is 5.48. The summed E-state index contributed by atoms with van der Waals surface area (Å²) < 4.78 is 16.4. The third-order valence-corrected chi connectivity index (χ3v) is 8.43. The van der Waals surface area contributed by atoms with E-state index in [2.05, 4.69) is 26.1 Å². The summed E-state index contributed by atoms with van der Waals surface area (Å²) in [7, 11) is 2.64. The summed E-state index contributed by atoms with van der Waals surface area (Å²) in [5.74, 6) is 0. The van der Waals surface area contributed by atoms with Crippen LogP contribution < -0.4 is 5.32 Å². The second-order valence-electron chi connectivity index (χ2n) is 8.50. The van der Waals surface area contributed by atoms with Gasteiger partial charge in [-0.3, -0.25) is 0 Å². The van der Waals surface area contributed by atoms with Crippen molar-refractivity contribution in [1.29, 1.82) is 0 Å². The van der Waals surface area contributed by atoms with Crippen LogP contribution in [-0.2, 0) is 13.3 Å². The Bertz CT molecular complexity index is 321. The Kier molecular flexibility index (Phi) is 21.4. The Morgan fingerprint density at radius 2 is 1.11 bits per heavy atom. The number of hydrogen-bond donors (Lipinski definition) is 1. The van der Waals surface area contributed by atoms with Crippen molar-refractivity contribution >= 4 is 25.8 Å². The van der Waals surface area contributed by atoms with E-state index in [1.54, 1.807) is 21.3 Å². The standard InChI is InChI=1S/C22H49NO3Si.BrH/c1-7-8-9-10-11-12-13-14-15-16-17-19-22(2,3)23-20-18-21-27(24-4,25-5)26-6;/h23H,7-21H2,1-6H3;1H. The van der Waals surface area contributed by atoms with Crippen molar-refractivity contribution in [3.8, 4) is 0 Å². The molecule has 0 atom stereocenters. The maximum atomic E-state index is 5.48. The molecule has 0 rings (SSSR count). The van der Waals surface area contributed by atoms with Crippen LogP contribution in [-0.4, -0.2) is 42.2 Å². The van der Waals surface area contributed by atoms with E-state index in [4.69, 9.17) is 13.3 Å². The Morgan fingerprint density at radius 1 is 0.679 bits per heavy atom. The van der Waals surface area contributed by atoms with Gasteiger partial charge in [0, 0.05) is 32.9 Å². The SMILES string of the molecule is Br.CCCCCCCCCCCCCC(C)(C)NCCC[Si](OC)(OC)OC. The van der Waals surface area contributed by atoms with Crippen LogP contribution >= 0.6 is 17.0 Å². The fourth-order valence-corrected chi connectivity index (χ4v) is 5.33. The molecule has 0 unspecified atom stereocenters. The van der Waals surface area contributed by atoms with Crippen LogP contribution in [0.15, 0.2) is 0 Å². The van der Waals surface area contributed by atoms with Crippen LogP contribution in [0.4, 0.5) is 0 Å². The van der Waals surface area contributed by atoms with Gasteiger partial charge >= 0.3 is 8.80 Å². The quantitative estimate of drug-likeness (QED) is 0.151. The minimum atomic E-state index is -2.41. The Labute approximate surface area is 188 Å². The molecule has 0 amide bonds. The molecule has 1 N–H and O–H groups in total. The van der Waals surface area contributed by atoms with Crippen molar-refractivity contribution in [2.75, 3.05) is 27.9 Å². The first-order valence-corrected chi connectivity index (χ1v) is 13.3. The summed E-state index contributed by atoms with van der Waals surface area (Å²) in [6, 6.07) is 0.859. The lowest BCUT2D eigenvalue weighted by atomic mass is 9.95. The van der Waals surface area contributed by atoms with Gasteiger partial charge in [-0.1, -0.05) is 77.6 Å². The summed E-state index contributed by atoms with van der Waals surface area (Å²) >= 11 is 0. The molecule has 6 heteroatoms. The zero-order valence-electron chi connectivity index (χ0n) is 19.7. The van der Waals surface area contributed by atoms with E-state index < -0.39 is 8.80 Å². The van der Waals surface area contributed by atoms with Gasteiger partial charge in [0.2, 0.25) is 0 Å². The molecule has 0 saturated heterocycles. The summed E-state index contributed by atoms with van der Waals surface area (Å²) in [4.78, 5) is 0. The van der Waals surface area contributed by atoms with Gasteiger partial charge < -0.3 is 18.6 Å². The van der Waals surface area contributed by atoms with E-state index in [1.807, 2.05) is 0 Å². The number of unbranched alkanes of at least 4 members (excludes halogenated alkanes) is 10. The fraction of sp³-hybridized carbons (Fsp3) is 1.00. The van der Waals surface area contributed by atoms with E-state index in [0.717, 1.165) is 19.0 Å². The zero-order valence-corrected chi connectivity index (χ0v) is 22.5. The van der Waals surface area contributed by atoms with Gasteiger partial charge in [-0.15, -0.1) is 17.0 Å². The molecule has 0 aromatic carbocycles. The molecule has 0 saturated carbocycles. The van der Waals surface area contributed by atoms with Crippen LogP contribution in [0.1, 0.15) is 104 Å². The highest BCUT2D eigenvalue weighted by atomic mass is 79.9. The topological polar surface area (TPSA) is 39.7 Å². The van der Waals surface area contributed by atoms with Crippen molar-refractivity contribution in [1.82, 2.24) is 5.32 Å². The lowest BCUT2D eigenvalue weighted by Gasteiger charge is -2.28. The molecule has 0 aromatic heterocycles. The van der Waals surface area contributed by atoms with Gasteiger partial charge in [-0.2, -0.15) is 0 Å². The average Bonchev–Trinajstić information content (AvgIpc) is 2.67. The minimum absolute atomic E-state index is 0. The first kappa shape index (κ1) is 30.7. The van der Waals surface area contributed by atoms with E-state index in [0.29, 0.717) is 0 Å². The van der Waals surface area contributed by atoms with Crippen molar-refractivity contribution in [3.63, 3.8) is 0 Å². The van der Waals surface area contributed by atoms with Crippen LogP contribution in [0.5, 0.6) is 0 Å². The van der Waals surface area contributed by atoms with Crippen LogP contribution in [0.2, 0.25) is 6.04 Å². The second kappa shape index (κ2) is 19.5. The van der Waals surface area contributed by atoms with Gasteiger partial charge in [0.1, 0.15) is 0 Å². The molecule has 0 spiro atoms. The summed E-state index contributed by atoms with van der Waals surface area (Å²) in [5, 5.41) is 3.69. The van der Waals surface area contributed by atoms with Crippen molar-refractivity contribution in [2.45, 2.75) is 116 Å². The minimum Gasteiger partial charge on any atom is -0.377 e. The van der Waals surface area contributed by atoms with Crippen molar-refractivity contribution in [2.24, 2.45) is 0 Å². The Morgan fingerprint density at radius 3 is 1.54 bits per heavy atom. The molecule has 0 aromatic rings. The van der Waals surface area contributed by atoms with Gasteiger partial charge in [-0.05, 0) is 33.2 Å². The molecule has 172 valence electrons. The average molecular weight is 485 g/mol. The molecule has 0 bridgehead atoms. The molecule has 0 fully saturated rings. The largest absolute Gasteiger partial charge is 0.500 e. The molecule has 4 nitrogen and oxygen atoms in total. The third kappa shape index (κ3) is 16.3. The number of halogens is 1. The molecule has 0 aliphatic heterocycles. The van der Waals surface area contributed by atoms with Crippen molar-refractivity contribution in [3.05, 3.63) is 0 Å². The molecule has 28 heavy (non-hydrogen) atoms. The van der Waals surface area contributed by atoms with Crippen LogP contribution in [0.3, 0.4) is 0 Å². The third-order valence-electron chi connectivity index (χ3n) is 5.60. The summed E-state index contributed by atoms with van der Waals surface area (Å²) in [6.45, 7) is 7.90. The number of rotatable bonds is 20. The molecular formula is C22H50BrNO3Si. The zero-order chi connectivity index (χ0) is 20.4. The van der Waals surface area contributed by atoms with Crippen LogP contribution in [0.25, 0.3) is 0 Å². The normalized spacial score (nSPS) is 12.2. The first-order valence-electron chi connectivity index (χ1n) is 11.4. The predicted molar refractivity (Wildman–Crippen MR) is 130 cm³/mol. The Hall–Kier alpha value is 0.537. The second-order valence-corrected chi connectivity index (χ2v) is 11.6. The van der Waals surface area contributed by atoms with Gasteiger partial charge in [-0.25, -0.2) is 0 Å². The molecule has 0 aliphatic carbocycles. The van der Waals surface area contributed by atoms with E-state index in [1.165, 1.54) is 77.0 Å². The first-order chi connectivity index (χ1) is 12.9. The highest BCUT2D eigenvalue weighted by molar-refractivity contribution is 8.93. The van der Waals surface area contributed by atoms with E-state index >= 15 is 0 Å².